The molecule has 1 heterocycles. The van der Waals surface area contributed by atoms with Crippen LogP contribution in [0.3, 0.4) is 0 Å². The zero-order valence-electron chi connectivity index (χ0n) is 7.47. The van der Waals surface area contributed by atoms with Crippen LogP contribution in [0.5, 0.6) is 0 Å². The van der Waals surface area contributed by atoms with E-state index in [0.29, 0.717) is 12.4 Å². The predicted octanol–water partition coefficient (Wildman–Crippen LogP) is 0.490. The van der Waals surface area contributed by atoms with Crippen LogP contribution < -0.4 is 5.32 Å². The van der Waals surface area contributed by atoms with Gasteiger partial charge in [-0.25, -0.2) is 4.79 Å². The van der Waals surface area contributed by atoms with E-state index in [4.69, 9.17) is 5.11 Å². The van der Waals surface area contributed by atoms with Crippen molar-refractivity contribution in [3.8, 4) is 0 Å². The molecule has 0 fully saturated rings. The van der Waals surface area contributed by atoms with Crippen molar-refractivity contribution in [3.05, 3.63) is 35.9 Å². The van der Waals surface area contributed by atoms with Crippen molar-refractivity contribution in [2.45, 2.75) is 6.04 Å². The van der Waals surface area contributed by atoms with E-state index in [0.717, 1.165) is 5.56 Å². The van der Waals surface area contributed by atoms with Gasteiger partial charge in [0.25, 0.3) is 0 Å². The number of nitrogens with one attached hydrogen (secondary N) is 1. The van der Waals surface area contributed by atoms with Crippen molar-refractivity contribution < 1.29 is 9.90 Å². The summed E-state index contributed by atoms with van der Waals surface area (Å²) in [4.78, 5) is 14.8. The summed E-state index contributed by atoms with van der Waals surface area (Å²) in [6.07, 6.45) is 0. The molecule has 0 radical (unpaired) electrons. The summed E-state index contributed by atoms with van der Waals surface area (Å²) < 4.78 is 0. The molecule has 0 saturated carbocycles. The fraction of sp³-hybridized carbons (Fsp3) is 0.200. The minimum absolute atomic E-state index is 0.305. The Kier molecular flexibility index (Phi) is 2.18. The number of hydrogen-bond donors (Lipinski definition) is 2. The van der Waals surface area contributed by atoms with Crippen molar-refractivity contribution in [3.63, 3.8) is 0 Å². The normalized spacial score (nSPS) is 20.0. The highest BCUT2D eigenvalue weighted by atomic mass is 16.4. The Morgan fingerprint density at radius 2 is 2.14 bits per heavy atom. The lowest BCUT2D eigenvalue weighted by atomic mass is 10.2. The number of nitrogens with zero attached hydrogens (tertiary/aromatic N) is 1. The summed E-state index contributed by atoms with van der Waals surface area (Å²) in [5, 5.41) is 11.6. The number of benzene rings is 1. The summed E-state index contributed by atoms with van der Waals surface area (Å²) >= 11 is 0. The third kappa shape index (κ3) is 1.59. The van der Waals surface area contributed by atoms with E-state index >= 15 is 0 Å². The van der Waals surface area contributed by atoms with Gasteiger partial charge in [0.05, 0.1) is 6.54 Å². The van der Waals surface area contributed by atoms with E-state index in [2.05, 4.69) is 10.3 Å². The lowest BCUT2D eigenvalue weighted by Gasteiger charge is -2.06. The van der Waals surface area contributed by atoms with Crippen LogP contribution in [0.4, 0.5) is 0 Å². The Labute approximate surface area is 81.3 Å². The first-order chi connectivity index (χ1) is 6.77. The van der Waals surface area contributed by atoms with E-state index in [1.165, 1.54) is 0 Å². The number of carboxylic acid groups (broad SMARTS) is 1. The molecule has 14 heavy (non-hydrogen) atoms. The van der Waals surface area contributed by atoms with Gasteiger partial charge in [0.15, 0.2) is 0 Å². The topological polar surface area (TPSA) is 61.7 Å². The first-order valence-electron chi connectivity index (χ1n) is 4.36. The number of aliphatic carboxylic acids is 1. The van der Waals surface area contributed by atoms with Gasteiger partial charge >= 0.3 is 5.97 Å². The Morgan fingerprint density at radius 3 is 2.71 bits per heavy atom. The van der Waals surface area contributed by atoms with Crippen LogP contribution in [-0.4, -0.2) is 29.5 Å². The van der Waals surface area contributed by atoms with Gasteiger partial charge in [0.2, 0.25) is 0 Å². The second kappa shape index (κ2) is 3.49. The molecule has 1 aromatic carbocycles. The highest BCUT2D eigenvalue weighted by Gasteiger charge is 2.23. The largest absolute Gasteiger partial charge is 0.480 e. The minimum atomic E-state index is -0.861. The third-order valence-electron chi connectivity index (χ3n) is 2.09. The average molecular weight is 190 g/mol. The molecule has 0 saturated heterocycles. The van der Waals surface area contributed by atoms with Gasteiger partial charge in [-0.3, -0.25) is 4.99 Å². The second-order valence-corrected chi connectivity index (χ2v) is 3.09. The molecule has 0 spiro atoms. The number of amidine groups is 1. The quantitative estimate of drug-likeness (QED) is 0.713. The van der Waals surface area contributed by atoms with E-state index < -0.39 is 12.0 Å². The number of rotatable bonds is 2. The molecule has 1 aliphatic rings. The maximum absolute atomic E-state index is 10.6. The summed E-state index contributed by atoms with van der Waals surface area (Å²) in [5.74, 6) is -0.197. The molecule has 1 aliphatic heterocycles. The van der Waals surface area contributed by atoms with Gasteiger partial charge in [0.1, 0.15) is 11.9 Å². The maximum atomic E-state index is 10.6. The van der Waals surface area contributed by atoms with E-state index in [-0.39, 0.29) is 0 Å². The van der Waals surface area contributed by atoms with Crippen LogP contribution in [-0.2, 0) is 4.79 Å². The highest BCUT2D eigenvalue weighted by Crippen LogP contribution is 2.05. The van der Waals surface area contributed by atoms with Gasteiger partial charge < -0.3 is 10.4 Å². The molecule has 4 heteroatoms. The maximum Gasteiger partial charge on any atom is 0.328 e. The third-order valence-corrected chi connectivity index (χ3v) is 2.09. The average Bonchev–Trinajstić information content (AvgIpc) is 2.68. The van der Waals surface area contributed by atoms with Crippen LogP contribution in [0.2, 0.25) is 0 Å². The summed E-state index contributed by atoms with van der Waals surface area (Å²) in [6.45, 7) is 0.305. The highest BCUT2D eigenvalue weighted by molar-refractivity contribution is 6.02. The van der Waals surface area contributed by atoms with Crippen LogP contribution in [0, 0.1) is 0 Å². The molecule has 72 valence electrons. The van der Waals surface area contributed by atoms with Gasteiger partial charge in [-0.05, 0) is 0 Å². The van der Waals surface area contributed by atoms with E-state index in [9.17, 15) is 4.79 Å². The number of carbonyl (C=O) groups is 1. The summed E-state index contributed by atoms with van der Waals surface area (Å²) in [6, 6.07) is 8.92. The summed E-state index contributed by atoms with van der Waals surface area (Å²) in [7, 11) is 0. The van der Waals surface area contributed by atoms with Crippen molar-refractivity contribution in [2.75, 3.05) is 6.54 Å². The van der Waals surface area contributed by atoms with E-state index in [1.54, 1.807) is 0 Å². The molecular weight excluding hydrogens is 180 g/mol. The van der Waals surface area contributed by atoms with Crippen molar-refractivity contribution in [1.29, 1.82) is 0 Å². The second-order valence-electron chi connectivity index (χ2n) is 3.09. The summed E-state index contributed by atoms with van der Waals surface area (Å²) in [5.41, 5.74) is 0.927. The number of hydrogen-bond acceptors (Lipinski definition) is 3. The smallest absolute Gasteiger partial charge is 0.328 e. The molecule has 2 N–H and O–H groups in total. The zero-order valence-corrected chi connectivity index (χ0v) is 7.47. The molecule has 0 aromatic heterocycles. The van der Waals surface area contributed by atoms with Gasteiger partial charge in [-0.2, -0.15) is 0 Å². The zero-order chi connectivity index (χ0) is 9.97. The van der Waals surface area contributed by atoms with E-state index in [1.807, 2.05) is 30.3 Å². The van der Waals surface area contributed by atoms with Crippen LogP contribution in [0.25, 0.3) is 0 Å². The molecule has 2 rings (SSSR count). The Hall–Kier alpha value is -1.84. The molecule has 0 aliphatic carbocycles. The van der Waals surface area contributed by atoms with Crippen LogP contribution in [0.1, 0.15) is 5.56 Å². The van der Waals surface area contributed by atoms with Crippen LogP contribution in [0.15, 0.2) is 35.3 Å². The fourth-order valence-electron chi connectivity index (χ4n) is 1.35. The Morgan fingerprint density at radius 1 is 1.43 bits per heavy atom. The molecular formula is C10H10N2O2. The lowest BCUT2D eigenvalue weighted by molar-refractivity contribution is -0.138. The SMILES string of the molecule is O=C(O)[C@H]1CN=C(c2ccccc2)N1. The van der Waals surface area contributed by atoms with Gasteiger partial charge in [0, 0.05) is 5.56 Å². The molecule has 0 bridgehead atoms. The van der Waals surface area contributed by atoms with Gasteiger partial charge in [-0.1, -0.05) is 30.3 Å². The Bertz CT molecular complexity index is 373. The molecule has 4 nitrogen and oxygen atoms in total. The van der Waals surface area contributed by atoms with Crippen LogP contribution >= 0.6 is 0 Å². The number of carboxylic acids is 1. The predicted molar refractivity (Wildman–Crippen MR) is 52.4 cm³/mol. The minimum Gasteiger partial charge on any atom is -0.480 e. The van der Waals surface area contributed by atoms with Crippen molar-refractivity contribution in [1.82, 2.24) is 5.32 Å². The van der Waals surface area contributed by atoms with Gasteiger partial charge in [-0.15, -0.1) is 0 Å². The lowest BCUT2D eigenvalue weighted by Crippen LogP contribution is -2.37. The monoisotopic (exact) mass is 190 g/mol. The molecule has 0 unspecified atom stereocenters. The van der Waals surface area contributed by atoms with Crippen molar-refractivity contribution >= 4 is 11.8 Å². The van der Waals surface area contributed by atoms with Crippen molar-refractivity contribution in [2.24, 2.45) is 4.99 Å². The standard InChI is InChI=1S/C10H10N2O2/c13-10(14)8-6-11-9(12-8)7-4-2-1-3-5-7/h1-5,8H,6H2,(H,11,12)(H,13,14)/t8-/m1/s1. The fourth-order valence-corrected chi connectivity index (χ4v) is 1.35. The first kappa shape index (κ1) is 8.74. The Balaban J connectivity index is 2.13. The molecule has 1 aromatic rings. The first-order valence-corrected chi connectivity index (χ1v) is 4.36. The number of aliphatic imine (C=N–C) groups is 1. The molecule has 0 amide bonds. The molecule has 1 atom stereocenters.